The topological polar surface area (TPSA) is 104 Å². The molecule has 3 rings (SSSR count). The molecule has 0 aliphatic heterocycles. The van der Waals surface area contributed by atoms with Gasteiger partial charge in [-0.15, -0.1) is 11.3 Å². The van der Waals surface area contributed by atoms with Gasteiger partial charge in [-0.1, -0.05) is 20.8 Å². The number of fused-ring (bicyclic) bond motifs is 2. The number of ether oxygens (including phenoxy) is 1. The lowest BCUT2D eigenvalue weighted by atomic mass is 9.53. The van der Waals surface area contributed by atoms with E-state index in [1.165, 1.54) is 4.88 Å². The first-order valence-corrected chi connectivity index (χ1v) is 12.3. The molecule has 0 bridgehead atoms. The fourth-order valence-corrected chi connectivity index (χ4v) is 6.96. The standard InChI is InChI=1S/C23H38N4O4S/c1-13(21(30)24-9-10-31-6)15-7-8-23(3)11-16-19(14(2)18(23)20(15)29)26-22(32-16)25-17(28)12-27(4)5/h13-15,18,20,29H,7-12H2,1-6H3,(H,24,30)(H,25,26,28)/t13-,14+,15-,18+,20-,23+/m0/s1. The van der Waals surface area contributed by atoms with Gasteiger partial charge >= 0.3 is 0 Å². The van der Waals surface area contributed by atoms with Crippen LogP contribution in [0.2, 0.25) is 0 Å². The zero-order chi connectivity index (χ0) is 23.6. The van der Waals surface area contributed by atoms with Gasteiger partial charge < -0.3 is 25.4 Å². The number of amides is 2. The SMILES string of the molecule is COCCNC(=O)[C@@H](C)[C@@H]1CC[C@]2(C)Cc3sc(NC(=O)CN(C)C)nc3[C@H](C)[C@@H]2[C@H]1O. The van der Waals surface area contributed by atoms with E-state index in [1.54, 1.807) is 18.4 Å². The molecule has 1 heterocycles. The molecule has 0 spiro atoms. The molecule has 0 aromatic carbocycles. The lowest BCUT2D eigenvalue weighted by Gasteiger charge is -2.53. The second-order valence-electron chi connectivity index (χ2n) is 10.0. The van der Waals surface area contributed by atoms with Crippen LogP contribution in [0.15, 0.2) is 0 Å². The van der Waals surface area contributed by atoms with E-state index in [4.69, 9.17) is 9.72 Å². The van der Waals surface area contributed by atoms with Gasteiger partial charge in [-0.3, -0.25) is 9.59 Å². The molecule has 1 saturated carbocycles. The Balaban J connectivity index is 1.76. The van der Waals surface area contributed by atoms with Crippen molar-refractivity contribution in [2.24, 2.45) is 23.2 Å². The van der Waals surface area contributed by atoms with Gasteiger partial charge in [0.15, 0.2) is 5.13 Å². The molecule has 1 aromatic heterocycles. The first kappa shape index (κ1) is 25.1. The second kappa shape index (κ2) is 10.2. The summed E-state index contributed by atoms with van der Waals surface area (Å²) >= 11 is 1.55. The molecule has 0 saturated heterocycles. The summed E-state index contributed by atoms with van der Waals surface area (Å²) in [6, 6.07) is 0. The lowest BCUT2D eigenvalue weighted by Crippen LogP contribution is -2.53. The molecule has 1 fully saturated rings. The molecule has 2 aliphatic rings. The second-order valence-corrected chi connectivity index (χ2v) is 11.1. The van der Waals surface area contributed by atoms with Gasteiger partial charge in [-0.05, 0) is 50.6 Å². The van der Waals surface area contributed by atoms with E-state index in [-0.39, 0.29) is 40.9 Å². The number of hydrogen-bond acceptors (Lipinski definition) is 7. The normalized spacial score (nSPS) is 30.4. The third-order valence-electron chi connectivity index (χ3n) is 7.29. The van der Waals surface area contributed by atoms with Crippen LogP contribution in [0.4, 0.5) is 5.13 Å². The summed E-state index contributed by atoms with van der Waals surface area (Å²) in [5.41, 5.74) is 0.931. The molecule has 32 heavy (non-hydrogen) atoms. The molecule has 180 valence electrons. The smallest absolute Gasteiger partial charge is 0.240 e. The maximum atomic E-state index is 12.6. The van der Waals surface area contributed by atoms with Crippen LogP contribution in [0.3, 0.4) is 0 Å². The van der Waals surface area contributed by atoms with Crippen LogP contribution < -0.4 is 10.6 Å². The number of methoxy groups -OCH3 is 1. The number of nitrogens with zero attached hydrogens (tertiary/aromatic N) is 2. The predicted octanol–water partition coefficient (Wildman–Crippen LogP) is 2.09. The van der Waals surface area contributed by atoms with Gasteiger partial charge in [0.05, 0.1) is 24.9 Å². The van der Waals surface area contributed by atoms with Crippen LogP contribution in [-0.4, -0.2) is 73.8 Å². The Hall–Kier alpha value is -1.55. The molecule has 2 amide bonds. The Morgan fingerprint density at radius 1 is 1.41 bits per heavy atom. The molecular formula is C23H38N4O4S. The van der Waals surface area contributed by atoms with Gasteiger partial charge in [-0.2, -0.15) is 0 Å². The number of nitrogens with one attached hydrogen (secondary N) is 2. The fraction of sp³-hybridized carbons (Fsp3) is 0.783. The third-order valence-corrected chi connectivity index (χ3v) is 8.28. The fourth-order valence-electron chi connectivity index (χ4n) is 5.68. The van der Waals surface area contributed by atoms with E-state index in [2.05, 4.69) is 24.5 Å². The lowest BCUT2D eigenvalue weighted by molar-refractivity contribution is -0.135. The van der Waals surface area contributed by atoms with Crippen LogP contribution in [0.5, 0.6) is 0 Å². The highest BCUT2D eigenvalue weighted by atomic mass is 32.1. The molecule has 0 radical (unpaired) electrons. The van der Waals surface area contributed by atoms with Crippen LogP contribution in [0.25, 0.3) is 0 Å². The molecule has 6 atom stereocenters. The first-order valence-electron chi connectivity index (χ1n) is 11.5. The average molecular weight is 467 g/mol. The number of hydrogen-bond donors (Lipinski definition) is 3. The van der Waals surface area contributed by atoms with Crippen molar-refractivity contribution in [1.82, 2.24) is 15.2 Å². The van der Waals surface area contributed by atoms with Crippen LogP contribution in [0, 0.1) is 23.2 Å². The zero-order valence-corrected chi connectivity index (χ0v) is 20.9. The van der Waals surface area contributed by atoms with E-state index in [1.807, 2.05) is 25.9 Å². The van der Waals surface area contributed by atoms with Crippen molar-refractivity contribution in [3.8, 4) is 0 Å². The molecule has 2 aliphatic carbocycles. The van der Waals surface area contributed by atoms with Crippen molar-refractivity contribution < 1.29 is 19.4 Å². The van der Waals surface area contributed by atoms with Crippen molar-refractivity contribution in [1.29, 1.82) is 0 Å². The zero-order valence-electron chi connectivity index (χ0n) is 20.1. The molecule has 3 N–H and O–H groups in total. The number of aromatic nitrogens is 1. The van der Waals surface area contributed by atoms with Crippen LogP contribution in [-0.2, 0) is 20.7 Å². The van der Waals surface area contributed by atoms with Crippen LogP contribution >= 0.6 is 11.3 Å². The highest BCUT2D eigenvalue weighted by Crippen LogP contribution is 2.57. The Kier molecular flexibility index (Phi) is 7.96. The Morgan fingerprint density at radius 3 is 2.78 bits per heavy atom. The monoisotopic (exact) mass is 466 g/mol. The number of anilines is 1. The summed E-state index contributed by atoms with van der Waals surface area (Å²) in [5, 5.41) is 17.9. The number of carbonyl (C=O) groups is 2. The van der Waals surface area contributed by atoms with Gasteiger partial charge in [0.2, 0.25) is 11.8 Å². The predicted molar refractivity (Wildman–Crippen MR) is 126 cm³/mol. The summed E-state index contributed by atoms with van der Waals surface area (Å²) in [7, 11) is 5.32. The Morgan fingerprint density at radius 2 is 2.12 bits per heavy atom. The third kappa shape index (κ3) is 5.16. The van der Waals surface area contributed by atoms with Gasteiger partial charge in [0.1, 0.15) is 0 Å². The van der Waals surface area contributed by atoms with E-state index in [0.29, 0.717) is 24.8 Å². The van der Waals surface area contributed by atoms with E-state index in [0.717, 1.165) is 25.0 Å². The highest BCUT2D eigenvalue weighted by molar-refractivity contribution is 7.15. The maximum absolute atomic E-state index is 12.6. The van der Waals surface area contributed by atoms with Crippen molar-refractivity contribution >= 4 is 28.3 Å². The van der Waals surface area contributed by atoms with Crippen LogP contribution in [0.1, 0.15) is 50.1 Å². The summed E-state index contributed by atoms with van der Waals surface area (Å²) in [4.78, 5) is 32.6. The van der Waals surface area contributed by atoms with Gasteiger partial charge in [0, 0.05) is 30.4 Å². The molecule has 1 aromatic rings. The summed E-state index contributed by atoms with van der Waals surface area (Å²) in [6.45, 7) is 7.56. The quantitative estimate of drug-likeness (QED) is 0.507. The van der Waals surface area contributed by atoms with E-state index < -0.39 is 6.10 Å². The van der Waals surface area contributed by atoms with Crippen molar-refractivity contribution in [2.75, 3.05) is 46.2 Å². The summed E-state index contributed by atoms with van der Waals surface area (Å²) in [6.07, 6.45) is 2.05. The maximum Gasteiger partial charge on any atom is 0.240 e. The van der Waals surface area contributed by atoms with Crippen molar-refractivity contribution in [3.05, 3.63) is 10.6 Å². The molecule has 0 unspecified atom stereocenters. The minimum absolute atomic E-state index is 0.0235. The van der Waals surface area contributed by atoms with Crippen molar-refractivity contribution in [3.63, 3.8) is 0 Å². The Labute approximate surface area is 195 Å². The molecular weight excluding hydrogens is 428 g/mol. The molecule has 9 heteroatoms. The van der Waals surface area contributed by atoms with Gasteiger partial charge in [0.25, 0.3) is 0 Å². The number of thiazole rings is 1. The summed E-state index contributed by atoms with van der Waals surface area (Å²) in [5.74, 6) is -0.380. The number of aliphatic hydroxyl groups excluding tert-OH is 1. The van der Waals surface area contributed by atoms with E-state index >= 15 is 0 Å². The van der Waals surface area contributed by atoms with Crippen molar-refractivity contribution in [2.45, 2.75) is 52.1 Å². The van der Waals surface area contributed by atoms with E-state index in [9.17, 15) is 14.7 Å². The minimum atomic E-state index is -0.575. The Bertz CT molecular complexity index is 829. The minimum Gasteiger partial charge on any atom is -0.392 e. The number of aliphatic hydroxyl groups is 1. The highest BCUT2D eigenvalue weighted by Gasteiger charge is 2.53. The molecule has 8 nitrogen and oxygen atoms in total. The first-order chi connectivity index (χ1) is 15.1. The number of carbonyl (C=O) groups excluding carboxylic acids is 2. The summed E-state index contributed by atoms with van der Waals surface area (Å²) < 4.78 is 5.02. The number of likely N-dealkylation sites (N-methyl/N-ethyl adjacent to an activating group) is 1. The van der Waals surface area contributed by atoms with Gasteiger partial charge in [-0.25, -0.2) is 4.98 Å². The average Bonchev–Trinajstić information content (AvgIpc) is 3.08. The number of rotatable bonds is 8. The largest absolute Gasteiger partial charge is 0.392 e.